The van der Waals surface area contributed by atoms with Gasteiger partial charge in [-0.05, 0) is 87.3 Å². The Hall–Kier alpha value is -1.55. The van der Waals surface area contributed by atoms with E-state index in [1.165, 1.54) is 49.7 Å². The zero-order chi connectivity index (χ0) is 19.5. The molecule has 1 heterocycles. The molecule has 152 valence electrons. The van der Waals surface area contributed by atoms with E-state index >= 15 is 0 Å². The lowest BCUT2D eigenvalue weighted by Crippen LogP contribution is -2.62. The van der Waals surface area contributed by atoms with Crippen LogP contribution in [0.15, 0.2) is 18.2 Å². The number of hydrogen-bond acceptors (Lipinski definition) is 3. The minimum Gasteiger partial charge on any atom is -0.496 e. The number of benzene rings is 1. The number of nitrogens with zero attached hydrogens (tertiary/aromatic N) is 1. The maximum absolute atomic E-state index is 12.6. The minimum absolute atomic E-state index is 0.0566. The smallest absolute Gasteiger partial charge is 0.225 e. The number of methoxy groups -OCH3 is 1. The molecule has 5 rings (SSSR count). The molecule has 1 aromatic carbocycles. The fourth-order valence-corrected chi connectivity index (χ4v) is 5.95. The summed E-state index contributed by atoms with van der Waals surface area (Å²) in [5, 5.41) is 9.89. The molecule has 0 unspecified atom stereocenters. The number of hydrogen-bond donors (Lipinski definition) is 1. The summed E-state index contributed by atoms with van der Waals surface area (Å²) >= 11 is 0. The van der Waals surface area contributed by atoms with E-state index < -0.39 is 5.60 Å². The Balaban J connectivity index is 1.16. The average molecular weight is 384 g/mol. The second-order valence-electron chi connectivity index (χ2n) is 10.3. The molecule has 1 saturated heterocycles. The van der Waals surface area contributed by atoms with Crippen LogP contribution in [0.2, 0.25) is 0 Å². The van der Waals surface area contributed by atoms with Gasteiger partial charge < -0.3 is 14.7 Å². The van der Waals surface area contributed by atoms with Crippen LogP contribution in [0.1, 0.15) is 81.3 Å². The molecule has 4 aliphatic rings. The molecule has 1 amide bonds. The molecule has 4 heteroatoms. The Kier molecular flexibility index (Phi) is 4.28. The monoisotopic (exact) mass is 383 g/mol. The number of ether oxygens (including phenoxy) is 1. The summed E-state index contributed by atoms with van der Waals surface area (Å²) in [4.78, 5) is 14.6. The number of rotatable bonds is 4. The summed E-state index contributed by atoms with van der Waals surface area (Å²) in [7, 11) is 1.79. The first kappa shape index (κ1) is 18.5. The highest BCUT2D eigenvalue weighted by Gasteiger charge is 2.51. The summed E-state index contributed by atoms with van der Waals surface area (Å²) in [6.45, 7) is 3.70. The van der Waals surface area contributed by atoms with E-state index in [4.69, 9.17) is 4.74 Å². The first-order valence-electron chi connectivity index (χ1n) is 11.1. The van der Waals surface area contributed by atoms with Crippen LogP contribution in [0.4, 0.5) is 0 Å². The van der Waals surface area contributed by atoms with E-state index in [1.807, 2.05) is 11.8 Å². The van der Waals surface area contributed by atoms with Gasteiger partial charge in [0.05, 0.1) is 12.7 Å². The van der Waals surface area contributed by atoms with E-state index in [9.17, 15) is 9.90 Å². The molecule has 1 spiro atoms. The highest BCUT2D eigenvalue weighted by molar-refractivity contribution is 5.81. The third-order valence-electron chi connectivity index (χ3n) is 7.88. The zero-order valence-electron chi connectivity index (χ0n) is 17.2. The lowest BCUT2D eigenvalue weighted by Gasteiger charge is -2.55. The van der Waals surface area contributed by atoms with Crippen molar-refractivity contribution in [3.63, 3.8) is 0 Å². The number of carbonyl (C=O) groups is 1. The first-order chi connectivity index (χ1) is 13.4. The van der Waals surface area contributed by atoms with Crippen molar-refractivity contribution in [2.45, 2.75) is 75.7 Å². The van der Waals surface area contributed by atoms with Crippen molar-refractivity contribution in [2.75, 3.05) is 20.2 Å². The molecule has 3 aliphatic carbocycles. The Morgan fingerprint density at radius 2 is 1.79 bits per heavy atom. The lowest BCUT2D eigenvalue weighted by atomic mass is 9.63. The molecule has 1 N–H and O–H groups in total. The van der Waals surface area contributed by atoms with Gasteiger partial charge in [-0.2, -0.15) is 0 Å². The highest BCUT2D eigenvalue weighted by Crippen LogP contribution is 2.51. The van der Waals surface area contributed by atoms with E-state index in [-0.39, 0.29) is 11.8 Å². The Labute approximate surface area is 168 Å². The van der Waals surface area contributed by atoms with E-state index in [1.54, 1.807) is 7.11 Å². The van der Waals surface area contributed by atoms with E-state index in [0.717, 1.165) is 24.8 Å². The van der Waals surface area contributed by atoms with Crippen LogP contribution in [0.25, 0.3) is 0 Å². The van der Waals surface area contributed by atoms with Gasteiger partial charge in [-0.3, -0.25) is 4.79 Å². The van der Waals surface area contributed by atoms with Gasteiger partial charge in [0.25, 0.3) is 0 Å². The third kappa shape index (κ3) is 3.24. The van der Waals surface area contributed by atoms with Crippen LogP contribution >= 0.6 is 0 Å². The molecular weight excluding hydrogens is 350 g/mol. The van der Waals surface area contributed by atoms with Gasteiger partial charge in [0.2, 0.25) is 5.91 Å². The summed E-state index contributed by atoms with van der Waals surface area (Å²) < 4.78 is 5.68. The van der Waals surface area contributed by atoms with Crippen molar-refractivity contribution in [3.05, 3.63) is 29.3 Å². The molecule has 0 aromatic heterocycles. The fourth-order valence-electron chi connectivity index (χ4n) is 5.95. The van der Waals surface area contributed by atoms with Crippen LogP contribution in [0.3, 0.4) is 0 Å². The maximum atomic E-state index is 12.6. The van der Waals surface area contributed by atoms with E-state index in [2.05, 4.69) is 18.2 Å². The predicted octanol–water partition coefficient (Wildman–Crippen LogP) is 4.22. The molecule has 0 bridgehead atoms. The van der Waals surface area contributed by atoms with Crippen molar-refractivity contribution < 1.29 is 14.6 Å². The molecule has 1 aromatic rings. The van der Waals surface area contributed by atoms with Crippen LogP contribution < -0.4 is 4.74 Å². The highest BCUT2D eigenvalue weighted by atomic mass is 16.5. The van der Waals surface area contributed by atoms with Gasteiger partial charge in [0.1, 0.15) is 5.75 Å². The van der Waals surface area contributed by atoms with Crippen molar-refractivity contribution >= 4 is 5.91 Å². The first-order valence-corrected chi connectivity index (χ1v) is 11.1. The lowest BCUT2D eigenvalue weighted by molar-refractivity contribution is -0.163. The number of likely N-dealkylation sites (tertiary alicyclic amines) is 1. The molecule has 28 heavy (non-hydrogen) atoms. The van der Waals surface area contributed by atoms with E-state index in [0.29, 0.717) is 24.2 Å². The van der Waals surface area contributed by atoms with Crippen LogP contribution in [-0.4, -0.2) is 41.7 Å². The summed E-state index contributed by atoms with van der Waals surface area (Å²) in [6, 6.07) is 6.92. The number of aliphatic hydroxyl groups is 1. The molecule has 3 saturated carbocycles. The van der Waals surface area contributed by atoms with Gasteiger partial charge in [0, 0.05) is 24.4 Å². The second kappa shape index (κ2) is 6.48. The molecule has 0 atom stereocenters. The predicted molar refractivity (Wildman–Crippen MR) is 109 cm³/mol. The number of carbonyl (C=O) groups excluding carboxylic acids is 1. The summed E-state index contributed by atoms with van der Waals surface area (Å²) in [5.41, 5.74) is 2.56. The Morgan fingerprint density at radius 3 is 2.36 bits per heavy atom. The SMILES string of the molecule is COc1cc(C2CCC3(CC2)CN(C(=O)C2CC(C)(O)C2)C3)ccc1C1CC1. The van der Waals surface area contributed by atoms with Crippen LogP contribution in [0, 0.1) is 11.3 Å². The van der Waals surface area contributed by atoms with Crippen LogP contribution in [-0.2, 0) is 4.79 Å². The van der Waals surface area contributed by atoms with Gasteiger partial charge in [-0.1, -0.05) is 12.1 Å². The molecule has 1 aliphatic heterocycles. The Morgan fingerprint density at radius 1 is 1.11 bits per heavy atom. The van der Waals surface area contributed by atoms with Gasteiger partial charge >= 0.3 is 0 Å². The fraction of sp³-hybridized carbons (Fsp3) is 0.708. The summed E-state index contributed by atoms with van der Waals surface area (Å²) in [6.07, 6.45) is 8.74. The maximum Gasteiger partial charge on any atom is 0.225 e. The molecule has 4 fully saturated rings. The zero-order valence-corrected chi connectivity index (χ0v) is 17.2. The normalized spacial score (nSPS) is 32.0. The molecule has 0 radical (unpaired) electrons. The van der Waals surface area contributed by atoms with Gasteiger partial charge in [0.15, 0.2) is 0 Å². The quantitative estimate of drug-likeness (QED) is 0.847. The Bertz CT molecular complexity index is 758. The third-order valence-corrected chi connectivity index (χ3v) is 7.88. The van der Waals surface area contributed by atoms with Gasteiger partial charge in [-0.15, -0.1) is 0 Å². The molecular formula is C24H33NO3. The van der Waals surface area contributed by atoms with Crippen molar-refractivity contribution in [3.8, 4) is 5.75 Å². The van der Waals surface area contributed by atoms with Crippen molar-refractivity contribution in [2.24, 2.45) is 11.3 Å². The standard InChI is InChI=1S/C24H33NO3/c1-23(27)12-19(13-23)22(26)25-14-24(15-25)9-7-16(8-10-24)18-5-6-20(17-3-4-17)21(11-18)28-2/h5-6,11,16-17,19,27H,3-4,7-10,12-15H2,1-2H3. The van der Waals surface area contributed by atoms with Crippen molar-refractivity contribution in [1.82, 2.24) is 4.90 Å². The number of amides is 1. The minimum atomic E-state index is -0.614. The average Bonchev–Trinajstić information content (AvgIpc) is 3.48. The molecule has 4 nitrogen and oxygen atoms in total. The topological polar surface area (TPSA) is 49.8 Å². The van der Waals surface area contributed by atoms with Crippen molar-refractivity contribution in [1.29, 1.82) is 0 Å². The second-order valence-corrected chi connectivity index (χ2v) is 10.3. The van der Waals surface area contributed by atoms with Crippen LogP contribution in [0.5, 0.6) is 5.75 Å². The largest absolute Gasteiger partial charge is 0.496 e. The van der Waals surface area contributed by atoms with Gasteiger partial charge in [-0.25, -0.2) is 0 Å². The summed E-state index contributed by atoms with van der Waals surface area (Å²) in [5.74, 6) is 2.76.